The zero-order valence-corrected chi connectivity index (χ0v) is 7.51. The first-order chi connectivity index (χ1) is 3.39. The second-order valence-corrected chi connectivity index (χ2v) is 1.34. The molecule has 1 aromatic rings. The van der Waals surface area contributed by atoms with E-state index in [2.05, 4.69) is 0 Å². The number of rotatable bonds is 0. The van der Waals surface area contributed by atoms with Crippen LogP contribution in [0.4, 0.5) is 0 Å². The third kappa shape index (κ3) is 2.04. The molecular weight excluding hydrogens is 163 g/mol. The topological polar surface area (TPSA) is 20.2 Å². The average Bonchev–Trinajstić information content (AvgIpc) is 1.69. The van der Waals surface area contributed by atoms with Gasteiger partial charge in [0, 0.05) is 0 Å². The van der Waals surface area contributed by atoms with E-state index < -0.39 is 0 Å². The van der Waals surface area contributed by atoms with E-state index in [1.54, 1.807) is 24.3 Å². The van der Waals surface area contributed by atoms with Gasteiger partial charge in [-0.2, -0.15) is 0 Å². The Morgan fingerprint density at radius 3 is 1.75 bits per heavy atom. The van der Waals surface area contributed by atoms with Crippen LogP contribution in [-0.2, 0) is 0 Å². The maximum atomic E-state index is 8.63. The Hall–Kier alpha value is -0.422. The molecule has 0 radical (unpaired) electrons. The number of hydrogen-bond donors (Lipinski definition) is 1. The summed E-state index contributed by atoms with van der Waals surface area (Å²) < 4.78 is 0. The number of hydrogen-bond acceptors (Lipinski definition) is 1. The van der Waals surface area contributed by atoms with Gasteiger partial charge in [-0.05, 0) is 12.1 Å². The molecule has 0 spiro atoms. The Morgan fingerprint density at radius 1 is 1.00 bits per heavy atom. The Labute approximate surface area is 59.7 Å². The summed E-state index contributed by atoms with van der Waals surface area (Å²) in [7, 11) is 0. The van der Waals surface area contributed by atoms with Gasteiger partial charge in [0.05, 0.1) is 0 Å². The van der Waals surface area contributed by atoms with E-state index in [0.717, 1.165) is 0 Å². The fraction of sp³-hybridized carbons (Fsp3) is 0. The number of para-hydroxylation sites is 1. The van der Waals surface area contributed by atoms with Crippen molar-refractivity contribution in [1.29, 1.82) is 0 Å². The van der Waals surface area contributed by atoms with E-state index in [4.69, 9.17) is 5.11 Å². The number of benzene rings is 1. The summed E-state index contributed by atoms with van der Waals surface area (Å²) in [6.45, 7) is 0. The van der Waals surface area contributed by atoms with Gasteiger partial charge in [-0.25, -0.2) is 0 Å². The van der Waals surface area contributed by atoms with Gasteiger partial charge in [-0.3, -0.25) is 0 Å². The summed E-state index contributed by atoms with van der Waals surface area (Å²) in [5.74, 6) is 0.322. The minimum absolute atomic E-state index is 0. The van der Waals surface area contributed by atoms with Gasteiger partial charge in [0.1, 0.15) is 5.75 Å². The van der Waals surface area contributed by atoms with E-state index in [0.29, 0.717) is 5.75 Å². The molecule has 0 aliphatic heterocycles. The second kappa shape index (κ2) is 3.56. The zero-order chi connectivity index (χ0) is 5.11. The summed E-state index contributed by atoms with van der Waals surface area (Å²) in [4.78, 5) is 0. The molecule has 0 saturated carbocycles. The summed E-state index contributed by atoms with van der Waals surface area (Å²) in [6, 6.07) is 8.71. The predicted octanol–water partition coefficient (Wildman–Crippen LogP) is 0.208. The molecule has 0 heterocycles. The molecule has 1 nitrogen and oxygen atoms in total. The van der Waals surface area contributed by atoms with Crippen LogP contribution >= 0.6 is 0 Å². The van der Waals surface area contributed by atoms with Gasteiger partial charge in [0.15, 0.2) is 0 Å². The van der Waals surface area contributed by atoms with E-state index in [1.807, 2.05) is 6.07 Å². The molecule has 0 aromatic heterocycles. The molecule has 44 valence electrons. The van der Waals surface area contributed by atoms with Crippen LogP contribution in [0.3, 0.4) is 0 Å². The van der Waals surface area contributed by atoms with Gasteiger partial charge < -0.3 is 5.11 Å². The molecule has 8 heavy (non-hydrogen) atoms. The normalized spacial score (nSPS) is 7.50. The molecule has 0 aliphatic rings. The third-order valence-electron chi connectivity index (χ3n) is 0.756. The molecule has 1 unspecified atom stereocenters. The molecule has 0 fully saturated rings. The maximum absolute atomic E-state index is 8.63. The first-order valence-electron chi connectivity index (χ1n) is 2.13. The van der Waals surface area contributed by atoms with Crippen molar-refractivity contribution in [1.82, 2.24) is 0 Å². The molecule has 0 amide bonds. The number of phenols is 1. The Morgan fingerprint density at radius 2 is 1.50 bits per heavy atom. The monoisotopic (exact) mass is 172 g/mol. The predicted molar refractivity (Wildman–Crippen MR) is 38.0 cm³/mol. The first-order valence-corrected chi connectivity index (χ1v) is 2.13. The molecular formula is C6H9AsO. The Kier molecular flexibility index (Phi) is 3.38. The van der Waals surface area contributed by atoms with Crippen molar-refractivity contribution in [3.8, 4) is 5.75 Å². The van der Waals surface area contributed by atoms with E-state index in [1.165, 1.54) is 0 Å². The summed E-state index contributed by atoms with van der Waals surface area (Å²) >= 11 is 0. The molecule has 0 aliphatic carbocycles. The SMILES string of the molecule is Oc1ccccc1.[AsH3]. The molecule has 2 heteroatoms. The van der Waals surface area contributed by atoms with Gasteiger partial charge >= 0.3 is 18.0 Å². The molecule has 0 bridgehead atoms. The van der Waals surface area contributed by atoms with Crippen LogP contribution in [0.2, 0.25) is 0 Å². The molecule has 1 rings (SSSR count). The average molecular weight is 172 g/mol. The first kappa shape index (κ1) is 7.58. The molecule has 1 N–H and O–H groups in total. The quantitative estimate of drug-likeness (QED) is 0.554. The number of phenolic OH excluding ortho intramolecular Hbond substituents is 1. The van der Waals surface area contributed by atoms with Crippen LogP contribution in [0.5, 0.6) is 5.75 Å². The van der Waals surface area contributed by atoms with Crippen molar-refractivity contribution in [3.05, 3.63) is 30.3 Å². The Balaban J connectivity index is 0.000000490. The minimum atomic E-state index is 0. The van der Waals surface area contributed by atoms with Gasteiger partial charge in [0.2, 0.25) is 0 Å². The van der Waals surface area contributed by atoms with Gasteiger partial charge in [-0.1, -0.05) is 18.2 Å². The van der Waals surface area contributed by atoms with Crippen LogP contribution in [-0.4, -0.2) is 23.1 Å². The number of aromatic hydroxyl groups is 1. The third-order valence-corrected chi connectivity index (χ3v) is 0.756. The molecule has 0 saturated heterocycles. The van der Waals surface area contributed by atoms with Crippen LogP contribution in [0.25, 0.3) is 0 Å². The summed E-state index contributed by atoms with van der Waals surface area (Å²) in [5.41, 5.74) is 0. The Bertz CT molecular complexity index is 138. The summed E-state index contributed by atoms with van der Waals surface area (Å²) in [5, 5.41) is 8.63. The van der Waals surface area contributed by atoms with Crippen molar-refractivity contribution in [2.24, 2.45) is 0 Å². The van der Waals surface area contributed by atoms with Crippen molar-refractivity contribution in [3.63, 3.8) is 0 Å². The fourth-order valence-corrected chi connectivity index (χ4v) is 0.428. The van der Waals surface area contributed by atoms with Crippen molar-refractivity contribution in [2.75, 3.05) is 0 Å². The second-order valence-electron chi connectivity index (χ2n) is 1.34. The van der Waals surface area contributed by atoms with Crippen molar-refractivity contribution in [2.45, 2.75) is 0 Å². The van der Waals surface area contributed by atoms with Gasteiger partial charge in [-0.15, -0.1) is 0 Å². The van der Waals surface area contributed by atoms with E-state index >= 15 is 0 Å². The molecule has 1 atom stereocenters. The van der Waals surface area contributed by atoms with Crippen LogP contribution in [0.15, 0.2) is 30.3 Å². The summed E-state index contributed by atoms with van der Waals surface area (Å²) in [6.07, 6.45) is 0. The molecule has 1 aromatic carbocycles. The van der Waals surface area contributed by atoms with Gasteiger partial charge in [0.25, 0.3) is 0 Å². The standard InChI is InChI=1S/C6H6O.AsH3/c7-6-4-2-1-3-5-6;/h1-5,7H;1H3. The van der Waals surface area contributed by atoms with Crippen LogP contribution < -0.4 is 0 Å². The zero-order valence-electron chi connectivity index (χ0n) is 4.54. The fourth-order valence-electron chi connectivity index (χ4n) is 0.428. The van der Waals surface area contributed by atoms with Crippen LogP contribution in [0.1, 0.15) is 0 Å². The van der Waals surface area contributed by atoms with E-state index in [9.17, 15) is 0 Å². The van der Waals surface area contributed by atoms with Crippen molar-refractivity contribution >= 4 is 18.0 Å². The van der Waals surface area contributed by atoms with E-state index in [-0.39, 0.29) is 18.0 Å². The van der Waals surface area contributed by atoms with Crippen molar-refractivity contribution < 1.29 is 5.11 Å². The van der Waals surface area contributed by atoms with Crippen LogP contribution in [0, 0.1) is 0 Å².